The number of benzene rings is 1. The fourth-order valence-corrected chi connectivity index (χ4v) is 3.08. The van der Waals surface area contributed by atoms with Crippen LogP contribution in [0, 0.1) is 5.92 Å². The highest BCUT2D eigenvalue weighted by Gasteiger charge is 2.32. The van der Waals surface area contributed by atoms with E-state index in [0.717, 1.165) is 18.4 Å². The maximum atomic E-state index is 12.1. The number of rotatable bonds is 7. The molecule has 0 saturated carbocycles. The van der Waals surface area contributed by atoms with Crippen molar-refractivity contribution in [2.45, 2.75) is 25.2 Å². The molecule has 1 aliphatic rings. The summed E-state index contributed by atoms with van der Waals surface area (Å²) in [5, 5.41) is 18.6. The van der Waals surface area contributed by atoms with Crippen LogP contribution in [0.15, 0.2) is 24.3 Å². The molecule has 1 aromatic carbocycles. The first-order chi connectivity index (χ1) is 11.6. The minimum atomic E-state index is -0.849. The highest BCUT2D eigenvalue weighted by molar-refractivity contribution is 5.79. The molecule has 7 heteroatoms. The summed E-state index contributed by atoms with van der Waals surface area (Å²) in [6.45, 7) is 0.541. The zero-order valence-electron chi connectivity index (χ0n) is 13.8. The van der Waals surface area contributed by atoms with Crippen molar-refractivity contribution in [3.05, 3.63) is 29.8 Å². The predicted octanol–water partition coefficient (Wildman–Crippen LogP) is 0.905. The van der Waals surface area contributed by atoms with Gasteiger partial charge in [-0.3, -0.25) is 14.8 Å². The lowest BCUT2D eigenvalue weighted by molar-refractivity contribution is -0.138. The minimum absolute atomic E-state index is 0.0564. The molecule has 132 valence electrons. The van der Waals surface area contributed by atoms with E-state index in [4.69, 9.17) is 9.94 Å². The van der Waals surface area contributed by atoms with E-state index in [1.807, 2.05) is 12.1 Å². The van der Waals surface area contributed by atoms with Gasteiger partial charge in [0.1, 0.15) is 5.75 Å². The van der Waals surface area contributed by atoms with Gasteiger partial charge in [0.05, 0.1) is 19.6 Å². The number of nitrogens with one attached hydrogen (secondary N) is 1. The van der Waals surface area contributed by atoms with Crippen LogP contribution in [0.5, 0.6) is 5.75 Å². The average molecular weight is 336 g/mol. The van der Waals surface area contributed by atoms with Crippen LogP contribution in [0.2, 0.25) is 0 Å². The lowest BCUT2D eigenvalue weighted by atomic mass is 9.85. The third-order valence-corrected chi connectivity index (χ3v) is 4.51. The van der Waals surface area contributed by atoms with E-state index in [1.165, 1.54) is 0 Å². The third kappa shape index (κ3) is 4.24. The monoisotopic (exact) mass is 336 g/mol. The molecule has 2 amide bonds. The summed E-state index contributed by atoms with van der Waals surface area (Å²) in [7, 11) is 1.56. The fraction of sp³-hybridized carbons (Fsp3) is 0.529. The Morgan fingerprint density at radius 2 is 2.04 bits per heavy atom. The molecule has 2 unspecified atom stereocenters. The highest BCUT2D eigenvalue weighted by Crippen LogP contribution is 2.29. The summed E-state index contributed by atoms with van der Waals surface area (Å²) in [6, 6.07) is 7.16. The minimum Gasteiger partial charge on any atom is -0.497 e. The SMILES string of the molecule is COc1ccc(C(CN2CCCCC2=O)C(CO)C(=O)NO)cc1. The van der Waals surface area contributed by atoms with Crippen molar-refractivity contribution >= 4 is 11.8 Å². The number of likely N-dealkylation sites (tertiary alicyclic amines) is 1. The van der Waals surface area contributed by atoms with Crippen molar-refractivity contribution in [3.63, 3.8) is 0 Å². The zero-order valence-corrected chi connectivity index (χ0v) is 13.8. The molecule has 24 heavy (non-hydrogen) atoms. The smallest absolute Gasteiger partial charge is 0.249 e. The lowest BCUT2D eigenvalue weighted by Crippen LogP contribution is -2.43. The molecule has 0 aliphatic carbocycles. The van der Waals surface area contributed by atoms with Crippen molar-refractivity contribution in [1.29, 1.82) is 0 Å². The Hall–Kier alpha value is -2.12. The van der Waals surface area contributed by atoms with Crippen LogP contribution in [0.4, 0.5) is 0 Å². The molecule has 1 aromatic rings. The molecular weight excluding hydrogens is 312 g/mol. The van der Waals surface area contributed by atoms with Gasteiger partial charge in [0, 0.05) is 25.4 Å². The Balaban J connectivity index is 2.28. The number of piperidine rings is 1. The first-order valence-electron chi connectivity index (χ1n) is 8.07. The molecule has 0 aromatic heterocycles. The second-order valence-corrected chi connectivity index (χ2v) is 5.94. The number of carbonyl (C=O) groups is 2. The Labute approximate surface area is 141 Å². The number of nitrogens with zero attached hydrogens (tertiary/aromatic N) is 1. The zero-order chi connectivity index (χ0) is 17.5. The van der Waals surface area contributed by atoms with Crippen LogP contribution in [-0.4, -0.2) is 53.8 Å². The van der Waals surface area contributed by atoms with E-state index in [0.29, 0.717) is 25.3 Å². The molecule has 0 radical (unpaired) electrons. The van der Waals surface area contributed by atoms with E-state index in [9.17, 15) is 14.7 Å². The number of ether oxygens (including phenoxy) is 1. The molecule has 1 aliphatic heterocycles. The number of amides is 2. The fourth-order valence-electron chi connectivity index (χ4n) is 3.08. The molecule has 1 saturated heterocycles. The number of hydrogen-bond acceptors (Lipinski definition) is 5. The molecule has 2 atom stereocenters. The van der Waals surface area contributed by atoms with E-state index in [-0.39, 0.29) is 5.91 Å². The summed E-state index contributed by atoms with van der Waals surface area (Å²) in [5.74, 6) is -1.20. The van der Waals surface area contributed by atoms with Crippen LogP contribution in [0.3, 0.4) is 0 Å². The summed E-state index contributed by atoms with van der Waals surface area (Å²) >= 11 is 0. The third-order valence-electron chi connectivity index (χ3n) is 4.51. The van der Waals surface area contributed by atoms with Crippen molar-refractivity contribution < 1.29 is 24.6 Å². The van der Waals surface area contributed by atoms with Crippen LogP contribution in [-0.2, 0) is 9.59 Å². The first-order valence-corrected chi connectivity index (χ1v) is 8.07. The topological polar surface area (TPSA) is 99.1 Å². The van der Waals surface area contributed by atoms with Gasteiger partial charge in [0.15, 0.2) is 0 Å². The molecule has 0 bridgehead atoms. The largest absolute Gasteiger partial charge is 0.497 e. The van der Waals surface area contributed by atoms with Gasteiger partial charge in [0.2, 0.25) is 11.8 Å². The Bertz CT molecular complexity index is 561. The quantitative estimate of drug-likeness (QED) is 0.508. The summed E-state index contributed by atoms with van der Waals surface area (Å²) < 4.78 is 5.14. The van der Waals surface area contributed by atoms with Gasteiger partial charge in [-0.2, -0.15) is 0 Å². The number of carbonyl (C=O) groups excluding carboxylic acids is 2. The average Bonchev–Trinajstić information content (AvgIpc) is 2.63. The summed E-state index contributed by atoms with van der Waals surface area (Å²) in [4.78, 5) is 25.8. The molecule has 0 spiro atoms. The Morgan fingerprint density at radius 1 is 1.33 bits per heavy atom. The van der Waals surface area contributed by atoms with Crippen LogP contribution < -0.4 is 10.2 Å². The van der Waals surface area contributed by atoms with Crippen molar-refractivity contribution in [2.24, 2.45) is 5.92 Å². The number of hydroxylamine groups is 1. The summed E-state index contributed by atoms with van der Waals surface area (Å²) in [6.07, 6.45) is 2.31. The van der Waals surface area contributed by atoms with Gasteiger partial charge >= 0.3 is 0 Å². The van der Waals surface area contributed by atoms with Crippen molar-refractivity contribution in [2.75, 3.05) is 26.8 Å². The molecule has 7 nitrogen and oxygen atoms in total. The molecule has 2 rings (SSSR count). The molecule has 1 heterocycles. The predicted molar refractivity (Wildman–Crippen MR) is 86.7 cm³/mol. The van der Waals surface area contributed by atoms with E-state index in [1.54, 1.807) is 29.6 Å². The number of methoxy groups -OCH3 is 1. The molecule has 3 N–H and O–H groups in total. The molecule has 1 fully saturated rings. The number of aliphatic hydroxyl groups is 1. The van der Waals surface area contributed by atoms with E-state index >= 15 is 0 Å². The van der Waals surface area contributed by atoms with Crippen LogP contribution in [0.1, 0.15) is 30.7 Å². The standard InChI is InChI=1S/C17H24N2O5/c1-24-13-7-5-12(6-8-13)14(15(11-20)17(22)18-23)10-19-9-3-2-4-16(19)21/h5-8,14-15,20,23H,2-4,9-11H2,1H3,(H,18,22). The highest BCUT2D eigenvalue weighted by atomic mass is 16.5. The Kier molecular flexibility index (Phi) is 6.57. The summed E-state index contributed by atoms with van der Waals surface area (Å²) in [5.41, 5.74) is 2.41. The van der Waals surface area contributed by atoms with E-state index in [2.05, 4.69) is 0 Å². The van der Waals surface area contributed by atoms with Crippen LogP contribution >= 0.6 is 0 Å². The second kappa shape index (κ2) is 8.65. The number of aliphatic hydroxyl groups excluding tert-OH is 1. The first kappa shape index (κ1) is 18.2. The van der Waals surface area contributed by atoms with Gasteiger partial charge in [-0.1, -0.05) is 12.1 Å². The Morgan fingerprint density at radius 3 is 2.58 bits per heavy atom. The van der Waals surface area contributed by atoms with Gasteiger partial charge in [-0.25, -0.2) is 5.48 Å². The lowest BCUT2D eigenvalue weighted by Gasteiger charge is -2.33. The van der Waals surface area contributed by atoms with Gasteiger partial charge in [-0.05, 0) is 30.5 Å². The van der Waals surface area contributed by atoms with Crippen molar-refractivity contribution in [3.8, 4) is 5.75 Å². The van der Waals surface area contributed by atoms with Crippen LogP contribution in [0.25, 0.3) is 0 Å². The maximum absolute atomic E-state index is 12.1. The van der Waals surface area contributed by atoms with Crippen molar-refractivity contribution in [1.82, 2.24) is 10.4 Å². The molecular formula is C17H24N2O5. The van der Waals surface area contributed by atoms with Gasteiger partial charge in [-0.15, -0.1) is 0 Å². The second-order valence-electron chi connectivity index (χ2n) is 5.94. The van der Waals surface area contributed by atoms with Gasteiger partial charge < -0.3 is 14.7 Å². The van der Waals surface area contributed by atoms with Gasteiger partial charge in [0.25, 0.3) is 0 Å². The number of hydrogen-bond donors (Lipinski definition) is 3. The normalized spacial score (nSPS) is 17.3. The maximum Gasteiger partial charge on any atom is 0.249 e. The van der Waals surface area contributed by atoms with E-state index < -0.39 is 24.3 Å².